The van der Waals surface area contributed by atoms with E-state index >= 15 is 0 Å². The van der Waals surface area contributed by atoms with E-state index in [-0.39, 0.29) is 5.91 Å². The number of carbonyl (C=O) groups is 1. The van der Waals surface area contributed by atoms with Gasteiger partial charge in [0, 0.05) is 18.3 Å². The summed E-state index contributed by atoms with van der Waals surface area (Å²) in [7, 11) is 0. The lowest BCUT2D eigenvalue weighted by molar-refractivity contribution is 0.0932. The molecule has 0 saturated heterocycles. The van der Waals surface area contributed by atoms with Crippen LogP contribution in [0, 0.1) is 13.8 Å². The molecule has 1 unspecified atom stereocenters. The molecule has 1 amide bonds. The smallest absolute Gasteiger partial charge is 0.255 e. The molecule has 0 aliphatic rings. The van der Waals surface area contributed by atoms with Gasteiger partial charge < -0.3 is 9.84 Å². The van der Waals surface area contributed by atoms with Gasteiger partial charge >= 0.3 is 0 Å². The second-order valence-corrected chi connectivity index (χ2v) is 6.00. The maximum Gasteiger partial charge on any atom is 0.255 e. The molecule has 3 aromatic rings. The van der Waals surface area contributed by atoms with Crippen molar-refractivity contribution in [2.75, 3.05) is 0 Å². The Morgan fingerprint density at radius 2 is 2.00 bits per heavy atom. The number of rotatable bonds is 5. The van der Waals surface area contributed by atoms with Gasteiger partial charge in [0.15, 0.2) is 0 Å². The third-order valence-corrected chi connectivity index (χ3v) is 3.98. The fourth-order valence-corrected chi connectivity index (χ4v) is 2.47. The van der Waals surface area contributed by atoms with Crippen molar-refractivity contribution in [2.24, 2.45) is 0 Å². The average molecular weight is 339 g/mol. The van der Waals surface area contributed by atoms with Crippen molar-refractivity contribution in [1.29, 1.82) is 0 Å². The quantitative estimate of drug-likeness (QED) is 0.772. The Labute approximate surface area is 146 Å². The normalized spacial score (nSPS) is 12.2. The third-order valence-electron chi connectivity index (χ3n) is 3.98. The molecule has 25 heavy (non-hydrogen) atoms. The highest BCUT2D eigenvalue weighted by molar-refractivity contribution is 5.95. The van der Waals surface area contributed by atoms with Gasteiger partial charge in [0.25, 0.3) is 5.91 Å². The number of carbonyl (C=O) groups excluding carboxylic acids is 1. The maximum atomic E-state index is 12.4. The van der Waals surface area contributed by atoms with E-state index in [0.717, 1.165) is 11.1 Å². The minimum absolute atomic E-state index is 0.209. The lowest BCUT2D eigenvalue weighted by atomic mass is 10.1. The predicted octanol–water partition coefficient (Wildman–Crippen LogP) is 3.06. The summed E-state index contributed by atoms with van der Waals surface area (Å²) in [5.41, 5.74) is 3.28. The van der Waals surface area contributed by atoms with Gasteiger partial charge in [0.1, 0.15) is 6.04 Å². The van der Waals surface area contributed by atoms with E-state index in [9.17, 15) is 4.79 Å². The van der Waals surface area contributed by atoms with Crippen molar-refractivity contribution in [2.45, 2.75) is 40.3 Å². The molecule has 0 aliphatic carbocycles. The number of benzene rings is 1. The number of aryl methyl sites for hydroxylation is 3. The Morgan fingerprint density at radius 1 is 1.28 bits per heavy atom. The van der Waals surface area contributed by atoms with E-state index in [4.69, 9.17) is 4.52 Å². The van der Waals surface area contributed by atoms with E-state index in [0.29, 0.717) is 29.5 Å². The highest BCUT2D eigenvalue weighted by Crippen LogP contribution is 2.19. The number of nitrogens with zero attached hydrogens (tertiary/aromatic N) is 4. The Hall–Kier alpha value is -2.96. The first-order chi connectivity index (χ1) is 12.0. The molecule has 0 spiro atoms. The van der Waals surface area contributed by atoms with Crippen LogP contribution in [0.5, 0.6) is 0 Å². The van der Waals surface area contributed by atoms with Gasteiger partial charge in [-0.15, -0.1) is 0 Å². The molecule has 2 heterocycles. The van der Waals surface area contributed by atoms with Gasteiger partial charge in [0.2, 0.25) is 11.7 Å². The molecule has 7 nitrogen and oxygen atoms in total. The molecule has 1 N–H and O–H groups in total. The Balaban J connectivity index is 1.73. The van der Waals surface area contributed by atoms with Crippen LogP contribution in [-0.2, 0) is 6.54 Å². The van der Waals surface area contributed by atoms with Gasteiger partial charge in [-0.1, -0.05) is 35.0 Å². The number of aromatic nitrogens is 4. The summed E-state index contributed by atoms with van der Waals surface area (Å²) in [5, 5.41) is 11.2. The number of hydrogen-bond acceptors (Lipinski definition) is 5. The van der Waals surface area contributed by atoms with E-state index < -0.39 is 6.04 Å². The van der Waals surface area contributed by atoms with Crippen LogP contribution in [-0.4, -0.2) is 25.8 Å². The lowest BCUT2D eigenvalue weighted by Gasteiger charge is -2.08. The maximum absolute atomic E-state index is 12.4. The van der Waals surface area contributed by atoms with Crippen LogP contribution < -0.4 is 5.32 Å². The molecule has 3 rings (SSSR count). The summed E-state index contributed by atoms with van der Waals surface area (Å²) in [6, 6.07) is 7.46. The summed E-state index contributed by atoms with van der Waals surface area (Å²) in [6.45, 7) is 8.33. The third kappa shape index (κ3) is 3.60. The summed E-state index contributed by atoms with van der Waals surface area (Å²) in [6.07, 6.45) is 1.74. The fraction of sp³-hybridized carbons (Fsp3) is 0.333. The fourth-order valence-electron chi connectivity index (χ4n) is 2.47. The zero-order valence-corrected chi connectivity index (χ0v) is 14.8. The molecule has 2 aromatic heterocycles. The van der Waals surface area contributed by atoms with Crippen LogP contribution in [0.2, 0.25) is 0 Å². The van der Waals surface area contributed by atoms with Gasteiger partial charge in [-0.2, -0.15) is 10.1 Å². The van der Waals surface area contributed by atoms with Crippen LogP contribution in [0.3, 0.4) is 0 Å². The Bertz CT molecular complexity index is 879. The van der Waals surface area contributed by atoms with E-state index in [1.807, 2.05) is 52.0 Å². The lowest BCUT2D eigenvalue weighted by Crippen LogP contribution is -2.27. The van der Waals surface area contributed by atoms with Crippen molar-refractivity contribution >= 4 is 5.91 Å². The number of amides is 1. The first-order valence-corrected chi connectivity index (χ1v) is 8.23. The first-order valence-electron chi connectivity index (χ1n) is 8.23. The molecule has 0 aliphatic heterocycles. The second-order valence-electron chi connectivity index (χ2n) is 6.00. The molecular weight excluding hydrogens is 318 g/mol. The summed E-state index contributed by atoms with van der Waals surface area (Å²) < 4.78 is 7.04. The van der Waals surface area contributed by atoms with Gasteiger partial charge in [0.05, 0.1) is 11.3 Å². The van der Waals surface area contributed by atoms with E-state index in [1.165, 1.54) is 0 Å². The average Bonchev–Trinajstić information content (AvgIpc) is 3.22. The molecule has 7 heteroatoms. The molecule has 0 saturated carbocycles. The standard InChI is InChI=1S/C18H21N5O2/c1-5-23-10-15(12(3)21-23)17(24)19-13(4)18-20-16(22-25-18)14-8-6-11(2)7-9-14/h6-10,13H,5H2,1-4H3,(H,19,24). The van der Waals surface area contributed by atoms with Crippen LogP contribution in [0.25, 0.3) is 11.4 Å². The zero-order chi connectivity index (χ0) is 18.0. The first kappa shape index (κ1) is 16.9. The minimum Gasteiger partial charge on any atom is -0.340 e. The van der Waals surface area contributed by atoms with E-state index in [1.54, 1.807) is 10.9 Å². The largest absolute Gasteiger partial charge is 0.340 e. The molecule has 1 aromatic carbocycles. The van der Waals surface area contributed by atoms with Crippen molar-refractivity contribution in [3.8, 4) is 11.4 Å². The highest BCUT2D eigenvalue weighted by atomic mass is 16.5. The van der Waals surface area contributed by atoms with Crippen molar-refractivity contribution in [1.82, 2.24) is 25.2 Å². The van der Waals surface area contributed by atoms with Gasteiger partial charge in [-0.3, -0.25) is 9.48 Å². The minimum atomic E-state index is -0.399. The van der Waals surface area contributed by atoms with Crippen LogP contribution in [0.4, 0.5) is 0 Å². The Morgan fingerprint density at radius 3 is 2.64 bits per heavy atom. The SMILES string of the molecule is CCn1cc(C(=O)NC(C)c2nc(-c3ccc(C)cc3)no2)c(C)n1. The Kier molecular flexibility index (Phi) is 4.65. The molecular formula is C18H21N5O2. The zero-order valence-electron chi connectivity index (χ0n) is 14.8. The molecule has 0 bridgehead atoms. The summed E-state index contributed by atoms with van der Waals surface area (Å²) in [5.74, 6) is 0.662. The van der Waals surface area contributed by atoms with Crippen molar-refractivity contribution in [3.05, 3.63) is 53.2 Å². The monoisotopic (exact) mass is 339 g/mol. The van der Waals surface area contributed by atoms with E-state index in [2.05, 4.69) is 20.6 Å². The summed E-state index contributed by atoms with van der Waals surface area (Å²) >= 11 is 0. The molecule has 130 valence electrons. The summed E-state index contributed by atoms with van der Waals surface area (Å²) in [4.78, 5) is 16.8. The van der Waals surface area contributed by atoms with Crippen LogP contribution >= 0.6 is 0 Å². The number of hydrogen-bond donors (Lipinski definition) is 1. The molecule has 1 atom stereocenters. The highest BCUT2D eigenvalue weighted by Gasteiger charge is 2.20. The van der Waals surface area contributed by atoms with Gasteiger partial charge in [-0.05, 0) is 27.7 Å². The topological polar surface area (TPSA) is 85.8 Å². The van der Waals surface area contributed by atoms with Gasteiger partial charge in [-0.25, -0.2) is 0 Å². The predicted molar refractivity (Wildman–Crippen MR) is 93.0 cm³/mol. The molecule has 0 radical (unpaired) electrons. The molecule has 0 fully saturated rings. The number of nitrogens with one attached hydrogen (secondary N) is 1. The van der Waals surface area contributed by atoms with Crippen LogP contribution in [0.15, 0.2) is 35.0 Å². The van der Waals surface area contributed by atoms with Crippen LogP contribution in [0.1, 0.15) is 47.4 Å². The van der Waals surface area contributed by atoms with Crippen molar-refractivity contribution in [3.63, 3.8) is 0 Å². The van der Waals surface area contributed by atoms with Crippen molar-refractivity contribution < 1.29 is 9.32 Å². The second kappa shape index (κ2) is 6.88.